The third-order valence-corrected chi connectivity index (χ3v) is 2.89. The van der Waals surface area contributed by atoms with Crippen LogP contribution in [0.5, 0.6) is 5.75 Å². The highest BCUT2D eigenvalue weighted by molar-refractivity contribution is 6.31. The number of halogens is 2. The molecule has 0 unspecified atom stereocenters. The maximum atomic E-state index is 10.7. The number of rotatable bonds is 4. The van der Waals surface area contributed by atoms with Crippen LogP contribution in [0.25, 0.3) is 0 Å². The first-order valence-corrected chi connectivity index (χ1v) is 5.98. The van der Waals surface area contributed by atoms with Gasteiger partial charge in [0.05, 0.1) is 16.1 Å². The zero-order chi connectivity index (χ0) is 13.8. The van der Waals surface area contributed by atoms with Crippen LogP contribution in [0.3, 0.4) is 0 Å². The van der Waals surface area contributed by atoms with Crippen LogP contribution >= 0.6 is 23.2 Å². The van der Waals surface area contributed by atoms with Crippen molar-refractivity contribution >= 4 is 28.9 Å². The third kappa shape index (κ3) is 3.56. The largest absolute Gasteiger partial charge is 0.487 e. The van der Waals surface area contributed by atoms with Crippen LogP contribution in [-0.4, -0.2) is 9.91 Å². The molecule has 0 atom stereocenters. The van der Waals surface area contributed by atoms with E-state index in [2.05, 4.69) is 4.98 Å². The number of nitrogens with zero attached hydrogens (tertiary/aromatic N) is 2. The van der Waals surface area contributed by atoms with Gasteiger partial charge in [0.15, 0.2) is 0 Å². The van der Waals surface area contributed by atoms with Crippen molar-refractivity contribution in [1.82, 2.24) is 4.98 Å². The van der Waals surface area contributed by atoms with Crippen LogP contribution in [0.4, 0.5) is 5.69 Å². The topological polar surface area (TPSA) is 65.3 Å². The number of benzene rings is 1. The molecule has 0 aliphatic rings. The third-order valence-electron chi connectivity index (χ3n) is 2.31. The summed E-state index contributed by atoms with van der Waals surface area (Å²) in [6.45, 7) is 0.0997. The Kier molecular flexibility index (Phi) is 4.19. The molecule has 0 bridgehead atoms. The number of aromatic nitrogens is 1. The second-order valence-electron chi connectivity index (χ2n) is 3.66. The highest BCUT2D eigenvalue weighted by Gasteiger charge is 2.10. The van der Waals surface area contributed by atoms with Gasteiger partial charge in [0.1, 0.15) is 12.4 Å². The van der Waals surface area contributed by atoms with Crippen molar-refractivity contribution in [2.45, 2.75) is 6.61 Å². The molecule has 0 spiro atoms. The van der Waals surface area contributed by atoms with Crippen molar-refractivity contribution in [1.29, 1.82) is 0 Å². The van der Waals surface area contributed by atoms with E-state index in [0.29, 0.717) is 21.4 Å². The van der Waals surface area contributed by atoms with Gasteiger partial charge >= 0.3 is 0 Å². The molecule has 19 heavy (non-hydrogen) atoms. The average Bonchev–Trinajstić information content (AvgIpc) is 2.37. The van der Waals surface area contributed by atoms with Crippen molar-refractivity contribution in [2.24, 2.45) is 0 Å². The molecule has 2 aromatic rings. The summed E-state index contributed by atoms with van der Waals surface area (Å²) in [5, 5.41) is 11.5. The number of hydrogen-bond donors (Lipinski definition) is 0. The lowest BCUT2D eigenvalue weighted by Crippen LogP contribution is -1.98. The standard InChI is InChI=1S/C12H8Cl2N2O3/c13-9-4-11(6-15-5-9)19-7-8-3-10(16(17)18)1-2-12(8)14/h1-6H,7H2. The molecule has 0 fully saturated rings. The summed E-state index contributed by atoms with van der Waals surface area (Å²) in [4.78, 5) is 14.1. The average molecular weight is 299 g/mol. The van der Waals surface area contributed by atoms with E-state index < -0.39 is 4.92 Å². The maximum Gasteiger partial charge on any atom is 0.269 e. The van der Waals surface area contributed by atoms with Gasteiger partial charge in [0.2, 0.25) is 0 Å². The van der Waals surface area contributed by atoms with E-state index in [1.807, 2.05) is 0 Å². The molecule has 0 saturated heterocycles. The number of nitro groups is 1. The second-order valence-corrected chi connectivity index (χ2v) is 4.50. The lowest BCUT2D eigenvalue weighted by Gasteiger charge is -2.07. The minimum Gasteiger partial charge on any atom is -0.487 e. The molecule has 98 valence electrons. The Morgan fingerprint density at radius 2 is 2.05 bits per heavy atom. The minimum atomic E-state index is -0.485. The van der Waals surface area contributed by atoms with Gasteiger partial charge in [-0.25, -0.2) is 0 Å². The Morgan fingerprint density at radius 1 is 1.26 bits per heavy atom. The van der Waals surface area contributed by atoms with Crippen molar-refractivity contribution in [3.63, 3.8) is 0 Å². The molecule has 0 radical (unpaired) electrons. The summed E-state index contributed by atoms with van der Waals surface area (Å²) in [5.74, 6) is 0.468. The molecule has 0 amide bonds. The first kappa shape index (κ1) is 13.6. The molecule has 1 aromatic carbocycles. The summed E-state index contributed by atoms with van der Waals surface area (Å²) in [7, 11) is 0. The van der Waals surface area contributed by atoms with E-state index in [-0.39, 0.29) is 12.3 Å². The first-order chi connectivity index (χ1) is 9.06. The van der Waals surface area contributed by atoms with Crippen molar-refractivity contribution < 1.29 is 9.66 Å². The molecule has 1 heterocycles. The Bertz CT molecular complexity index is 620. The van der Waals surface area contributed by atoms with Gasteiger partial charge < -0.3 is 4.74 Å². The lowest BCUT2D eigenvalue weighted by molar-refractivity contribution is -0.384. The van der Waals surface area contributed by atoms with Gasteiger partial charge in [-0.05, 0) is 6.07 Å². The molecular weight excluding hydrogens is 291 g/mol. The zero-order valence-corrected chi connectivity index (χ0v) is 11.1. The maximum absolute atomic E-state index is 10.7. The molecule has 0 aliphatic carbocycles. The van der Waals surface area contributed by atoms with E-state index in [0.717, 1.165) is 0 Å². The van der Waals surface area contributed by atoms with Crippen LogP contribution in [-0.2, 0) is 6.61 Å². The monoisotopic (exact) mass is 298 g/mol. The van der Waals surface area contributed by atoms with Gasteiger partial charge in [0.25, 0.3) is 5.69 Å². The Morgan fingerprint density at radius 3 is 2.74 bits per heavy atom. The van der Waals surface area contributed by atoms with Crippen LogP contribution in [0.2, 0.25) is 10.0 Å². The van der Waals surface area contributed by atoms with Crippen LogP contribution in [0.15, 0.2) is 36.7 Å². The molecule has 7 heteroatoms. The number of hydrogen-bond acceptors (Lipinski definition) is 4. The van der Waals surface area contributed by atoms with Crippen molar-refractivity contribution in [3.8, 4) is 5.75 Å². The first-order valence-electron chi connectivity index (χ1n) is 5.22. The Labute approximate surface area is 118 Å². The quantitative estimate of drug-likeness (QED) is 0.635. The fraction of sp³-hybridized carbons (Fsp3) is 0.0833. The number of nitro benzene ring substituents is 1. The number of ether oxygens (including phenoxy) is 1. The van der Waals surface area contributed by atoms with Crippen molar-refractivity contribution in [2.75, 3.05) is 0 Å². The van der Waals surface area contributed by atoms with Gasteiger partial charge in [-0.15, -0.1) is 0 Å². The lowest BCUT2D eigenvalue weighted by atomic mass is 10.2. The van der Waals surface area contributed by atoms with E-state index in [4.69, 9.17) is 27.9 Å². The molecular formula is C12H8Cl2N2O3. The van der Waals surface area contributed by atoms with Gasteiger partial charge in [-0.3, -0.25) is 15.1 Å². The number of pyridine rings is 1. The summed E-state index contributed by atoms with van der Waals surface area (Å²) < 4.78 is 5.43. The van der Waals surface area contributed by atoms with E-state index in [1.165, 1.54) is 30.6 Å². The van der Waals surface area contributed by atoms with Crippen LogP contribution < -0.4 is 4.74 Å². The fourth-order valence-corrected chi connectivity index (χ4v) is 1.75. The smallest absolute Gasteiger partial charge is 0.269 e. The fourth-order valence-electron chi connectivity index (χ4n) is 1.42. The van der Waals surface area contributed by atoms with Gasteiger partial charge in [-0.2, -0.15) is 0 Å². The Balaban J connectivity index is 2.15. The van der Waals surface area contributed by atoms with Gasteiger partial charge in [-0.1, -0.05) is 23.2 Å². The molecule has 2 rings (SSSR count). The SMILES string of the molecule is O=[N+]([O-])c1ccc(Cl)c(COc2cncc(Cl)c2)c1. The summed E-state index contributed by atoms with van der Waals surface area (Å²) in [6.07, 6.45) is 2.98. The van der Waals surface area contributed by atoms with Gasteiger partial charge in [0, 0.05) is 35.0 Å². The van der Waals surface area contributed by atoms with Crippen molar-refractivity contribution in [3.05, 3.63) is 62.4 Å². The predicted octanol–water partition coefficient (Wildman–Crippen LogP) is 3.88. The zero-order valence-electron chi connectivity index (χ0n) is 9.55. The summed E-state index contributed by atoms with van der Waals surface area (Å²) >= 11 is 11.7. The van der Waals surface area contributed by atoms with E-state index >= 15 is 0 Å². The summed E-state index contributed by atoms with van der Waals surface area (Å²) in [5.41, 5.74) is 0.489. The molecule has 0 aliphatic heterocycles. The molecule has 0 saturated carbocycles. The van der Waals surface area contributed by atoms with Crippen LogP contribution in [0.1, 0.15) is 5.56 Å². The minimum absolute atomic E-state index is 0.0350. The highest BCUT2D eigenvalue weighted by atomic mass is 35.5. The summed E-state index contributed by atoms with van der Waals surface area (Å²) in [6, 6.07) is 5.78. The number of non-ortho nitro benzene ring substituents is 1. The van der Waals surface area contributed by atoms with E-state index in [1.54, 1.807) is 6.07 Å². The Hall–Kier alpha value is -1.85. The predicted molar refractivity (Wildman–Crippen MR) is 71.7 cm³/mol. The highest BCUT2D eigenvalue weighted by Crippen LogP contribution is 2.24. The molecule has 5 nitrogen and oxygen atoms in total. The molecule has 1 aromatic heterocycles. The van der Waals surface area contributed by atoms with Crippen LogP contribution in [0, 0.1) is 10.1 Å². The second kappa shape index (κ2) is 5.86. The van der Waals surface area contributed by atoms with E-state index in [9.17, 15) is 10.1 Å². The normalized spacial score (nSPS) is 10.2. The molecule has 0 N–H and O–H groups in total.